The molecule has 26 heavy (non-hydrogen) atoms. The zero-order valence-electron chi connectivity index (χ0n) is 15.3. The van der Waals surface area contributed by atoms with Crippen molar-refractivity contribution in [3.8, 4) is 0 Å². The molecule has 3 aromatic rings. The first-order chi connectivity index (χ1) is 12.4. The monoisotopic (exact) mass is 349 g/mol. The minimum atomic E-state index is -0.569. The molecule has 0 aliphatic carbocycles. The van der Waals surface area contributed by atoms with E-state index < -0.39 is 11.7 Å². The molecule has 4 rings (SSSR count). The van der Waals surface area contributed by atoms with E-state index in [0.29, 0.717) is 0 Å². The number of para-hydroxylation sites is 1. The van der Waals surface area contributed by atoms with Crippen LogP contribution >= 0.6 is 0 Å². The number of rotatable bonds is 1. The molecule has 2 heterocycles. The van der Waals surface area contributed by atoms with Crippen LogP contribution < -0.4 is 5.32 Å². The van der Waals surface area contributed by atoms with Gasteiger partial charge in [-0.25, -0.2) is 4.79 Å². The maximum absolute atomic E-state index is 12.7. The molecule has 0 fully saturated rings. The van der Waals surface area contributed by atoms with Gasteiger partial charge in [-0.15, -0.1) is 0 Å². The summed E-state index contributed by atoms with van der Waals surface area (Å²) in [6.07, 6.45) is 0.543. The van der Waals surface area contributed by atoms with Gasteiger partial charge in [0.25, 0.3) is 0 Å². The van der Waals surface area contributed by atoms with Crippen LogP contribution in [0.1, 0.15) is 43.6 Å². The molecule has 0 amide bonds. The van der Waals surface area contributed by atoms with Gasteiger partial charge in [-0.3, -0.25) is 0 Å². The van der Waals surface area contributed by atoms with E-state index >= 15 is 0 Å². The van der Waals surface area contributed by atoms with Gasteiger partial charge in [-0.2, -0.15) is 9.78 Å². The number of aromatic nitrogens is 2. The molecule has 1 N–H and O–H groups in total. The molecule has 0 saturated carbocycles. The number of nitrogens with one attached hydrogen (secondary N) is 1. The van der Waals surface area contributed by atoms with Crippen molar-refractivity contribution in [3.63, 3.8) is 0 Å². The largest absolute Gasteiger partial charge is 0.442 e. The van der Waals surface area contributed by atoms with Crippen LogP contribution in [0.2, 0.25) is 0 Å². The first-order valence-corrected chi connectivity index (χ1v) is 8.96. The molecule has 0 spiro atoms. The highest BCUT2D eigenvalue weighted by atomic mass is 16.6. The number of carbonyl (C=O) groups is 1. The quantitative estimate of drug-likeness (QED) is 0.720. The Labute approximate surface area is 153 Å². The predicted octanol–water partition coefficient (Wildman–Crippen LogP) is 4.05. The normalized spacial score (nSPS) is 17.1. The molecule has 1 aromatic heterocycles. The first-order valence-electron chi connectivity index (χ1n) is 8.96. The van der Waals surface area contributed by atoms with Crippen LogP contribution in [0.5, 0.6) is 0 Å². The smallest absolute Gasteiger partial charge is 0.435 e. The number of hydrogen-bond acceptors (Lipinski definition) is 4. The summed E-state index contributed by atoms with van der Waals surface area (Å²) in [5.74, 6) is 0. The third-order valence-electron chi connectivity index (χ3n) is 4.56. The highest BCUT2D eigenvalue weighted by Crippen LogP contribution is 2.32. The zero-order chi connectivity index (χ0) is 18.3. The molecule has 0 unspecified atom stereocenters. The van der Waals surface area contributed by atoms with Gasteiger partial charge in [0.15, 0.2) is 0 Å². The Morgan fingerprint density at radius 2 is 1.88 bits per heavy atom. The Balaban J connectivity index is 1.84. The molecule has 5 heteroatoms. The molecule has 1 aliphatic heterocycles. The van der Waals surface area contributed by atoms with Crippen molar-refractivity contribution in [2.24, 2.45) is 0 Å². The van der Waals surface area contributed by atoms with Crippen molar-refractivity contribution in [1.82, 2.24) is 15.1 Å². The lowest BCUT2D eigenvalue weighted by Gasteiger charge is -2.26. The summed E-state index contributed by atoms with van der Waals surface area (Å²) in [5, 5.41) is 9.20. The van der Waals surface area contributed by atoms with E-state index in [-0.39, 0.29) is 6.04 Å². The molecule has 0 saturated heterocycles. The Bertz CT molecular complexity index is 969. The van der Waals surface area contributed by atoms with Crippen molar-refractivity contribution in [3.05, 3.63) is 65.4 Å². The Morgan fingerprint density at radius 3 is 2.69 bits per heavy atom. The number of ether oxygens (including phenoxy) is 1. The van der Waals surface area contributed by atoms with Crippen LogP contribution in [0.4, 0.5) is 4.79 Å². The third-order valence-corrected chi connectivity index (χ3v) is 4.56. The summed E-state index contributed by atoms with van der Waals surface area (Å²) in [6, 6.07) is 16.2. The summed E-state index contributed by atoms with van der Waals surface area (Å²) < 4.78 is 6.93. The molecular weight excluding hydrogens is 326 g/mol. The number of nitrogens with zero attached hydrogens (tertiary/aromatic N) is 2. The molecule has 5 nitrogen and oxygen atoms in total. The van der Waals surface area contributed by atoms with Gasteiger partial charge in [-0.05, 0) is 44.4 Å². The van der Waals surface area contributed by atoms with Crippen molar-refractivity contribution in [2.75, 3.05) is 6.54 Å². The summed E-state index contributed by atoms with van der Waals surface area (Å²) in [7, 11) is 0. The molecule has 134 valence electrons. The number of fused-ring (bicyclic) bond motifs is 2. The Hall–Kier alpha value is -2.66. The van der Waals surface area contributed by atoms with Crippen LogP contribution in [-0.2, 0) is 11.2 Å². The lowest BCUT2D eigenvalue weighted by atomic mass is 9.91. The average molecular weight is 349 g/mol. The van der Waals surface area contributed by atoms with E-state index in [4.69, 9.17) is 4.74 Å². The van der Waals surface area contributed by atoms with Crippen molar-refractivity contribution >= 4 is 17.0 Å². The lowest BCUT2D eigenvalue weighted by Crippen LogP contribution is -2.31. The molecule has 0 bridgehead atoms. The van der Waals surface area contributed by atoms with Crippen LogP contribution in [0.15, 0.2) is 48.5 Å². The van der Waals surface area contributed by atoms with Gasteiger partial charge in [0.2, 0.25) is 0 Å². The minimum absolute atomic E-state index is 0.0338. The second kappa shape index (κ2) is 6.25. The van der Waals surface area contributed by atoms with Crippen LogP contribution in [-0.4, -0.2) is 28.0 Å². The zero-order valence-corrected chi connectivity index (χ0v) is 15.3. The molecular formula is C21H23N3O2. The highest BCUT2D eigenvalue weighted by Gasteiger charge is 2.28. The third kappa shape index (κ3) is 2.99. The van der Waals surface area contributed by atoms with Crippen LogP contribution in [0.3, 0.4) is 0 Å². The van der Waals surface area contributed by atoms with Crippen molar-refractivity contribution in [1.29, 1.82) is 0 Å². The van der Waals surface area contributed by atoms with E-state index in [1.807, 2.05) is 51.1 Å². The first kappa shape index (κ1) is 16.8. The van der Waals surface area contributed by atoms with Gasteiger partial charge in [0.1, 0.15) is 5.60 Å². The molecule has 1 aliphatic rings. The van der Waals surface area contributed by atoms with Crippen LogP contribution in [0, 0.1) is 0 Å². The molecule has 1 atom stereocenters. The minimum Gasteiger partial charge on any atom is -0.442 e. The standard InChI is InChI=1S/C21H23N3O2/c1-21(2,3)26-20(25)24-17-11-7-6-10-16(17)19(23-24)18-15-9-5-4-8-14(15)12-13-22-18/h4-11,18,22H,12-13H2,1-3H3/t18-/m1/s1. The summed E-state index contributed by atoms with van der Waals surface area (Å²) >= 11 is 0. The fourth-order valence-electron chi connectivity index (χ4n) is 3.50. The van der Waals surface area contributed by atoms with Gasteiger partial charge < -0.3 is 10.1 Å². The fourth-order valence-corrected chi connectivity index (χ4v) is 3.50. The number of carbonyl (C=O) groups excluding carboxylic acids is 1. The van der Waals surface area contributed by atoms with Gasteiger partial charge in [0.05, 0.1) is 17.3 Å². The van der Waals surface area contributed by atoms with Gasteiger partial charge in [0, 0.05) is 11.9 Å². The number of benzene rings is 2. The van der Waals surface area contributed by atoms with Gasteiger partial charge >= 0.3 is 6.09 Å². The molecule has 0 radical (unpaired) electrons. The highest BCUT2D eigenvalue weighted by molar-refractivity contribution is 5.90. The van der Waals surface area contributed by atoms with Gasteiger partial charge in [-0.1, -0.05) is 42.5 Å². The number of hydrogen-bond donors (Lipinski definition) is 1. The molecule has 2 aromatic carbocycles. The Kier molecular flexibility index (Phi) is 4.04. The van der Waals surface area contributed by atoms with Crippen molar-refractivity contribution in [2.45, 2.75) is 38.8 Å². The van der Waals surface area contributed by atoms with E-state index in [1.165, 1.54) is 15.8 Å². The Morgan fingerprint density at radius 1 is 1.15 bits per heavy atom. The summed E-state index contributed by atoms with van der Waals surface area (Å²) in [5.41, 5.74) is 3.60. The maximum Gasteiger partial charge on any atom is 0.435 e. The SMILES string of the molecule is CC(C)(C)OC(=O)n1nc([C@@H]2NCCc3ccccc32)c2ccccc21. The lowest BCUT2D eigenvalue weighted by molar-refractivity contribution is 0.0521. The topological polar surface area (TPSA) is 56.2 Å². The predicted molar refractivity (Wildman–Crippen MR) is 101 cm³/mol. The van der Waals surface area contributed by atoms with E-state index in [9.17, 15) is 4.79 Å². The van der Waals surface area contributed by atoms with Crippen LogP contribution in [0.25, 0.3) is 10.9 Å². The fraction of sp³-hybridized carbons (Fsp3) is 0.333. The van der Waals surface area contributed by atoms with E-state index in [1.54, 1.807) is 0 Å². The summed E-state index contributed by atoms with van der Waals surface area (Å²) in [4.78, 5) is 12.7. The van der Waals surface area contributed by atoms with Crippen molar-refractivity contribution < 1.29 is 9.53 Å². The van der Waals surface area contributed by atoms with E-state index in [2.05, 4.69) is 28.6 Å². The maximum atomic E-state index is 12.7. The second-order valence-electron chi connectivity index (χ2n) is 7.63. The average Bonchev–Trinajstić information content (AvgIpc) is 2.99. The summed E-state index contributed by atoms with van der Waals surface area (Å²) in [6.45, 7) is 6.46. The second-order valence-corrected chi connectivity index (χ2v) is 7.63. The van der Waals surface area contributed by atoms with E-state index in [0.717, 1.165) is 29.6 Å².